The highest BCUT2D eigenvalue weighted by molar-refractivity contribution is 7.89. The maximum Gasteiger partial charge on any atom is 0.240 e. The lowest BCUT2D eigenvalue weighted by atomic mass is 9.79. The Kier molecular flexibility index (Phi) is 5.04. The van der Waals surface area contributed by atoms with Crippen molar-refractivity contribution in [1.82, 2.24) is 4.72 Å². The van der Waals surface area contributed by atoms with Crippen LogP contribution in [0.2, 0.25) is 0 Å². The lowest BCUT2D eigenvalue weighted by molar-refractivity contribution is 0.236. The zero-order chi connectivity index (χ0) is 15.5. The molecular formula is C16H24FNO2S. The SMILES string of the molecule is CC(C)CC1(CNS(=O)(=O)c2ccc(F)cc2)CCCC1. The lowest BCUT2D eigenvalue weighted by Gasteiger charge is -2.31. The second-order valence-electron chi connectivity index (χ2n) is 6.58. The molecule has 2 rings (SSSR count). The van der Waals surface area contributed by atoms with Gasteiger partial charge in [-0.2, -0.15) is 0 Å². The Morgan fingerprint density at radius 1 is 1.19 bits per heavy atom. The molecule has 0 atom stereocenters. The van der Waals surface area contributed by atoms with E-state index in [9.17, 15) is 12.8 Å². The molecule has 5 heteroatoms. The van der Waals surface area contributed by atoms with Gasteiger partial charge in [0, 0.05) is 6.54 Å². The second kappa shape index (κ2) is 6.44. The molecule has 21 heavy (non-hydrogen) atoms. The van der Waals surface area contributed by atoms with Crippen LogP contribution in [-0.2, 0) is 10.0 Å². The number of benzene rings is 1. The molecule has 0 aromatic heterocycles. The van der Waals surface area contributed by atoms with Crippen molar-refractivity contribution in [3.8, 4) is 0 Å². The topological polar surface area (TPSA) is 46.2 Å². The van der Waals surface area contributed by atoms with Crippen LogP contribution in [0.15, 0.2) is 29.2 Å². The summed E-state index contributed by atoms with van der Waals surface area (Å²) in [6.45, 7) is 4.83. The molecule has 0 spiro atoms. The fraction of sp³-hybridized carbons (Fsp3) is 0.625. The van der Waals surface area contributed by atoms with Crippen LogP contribution in [0.1, 0.15) is 46.0 Å². The third-order valence-corrected chi connectivity index (χ3v) is 5.68. The molecule has 0 saturated heterocycles. The summed E-state index contributed by atoms with van der Waals surface area (Å²) in [7, 11) is -3.56. The second-order valence-corrected chi connectivity index (χ2v) is 8.35. The van der Waals surface area contributed by atoms with Gasteiger partial charge in [-0.15, -0.1) is 0 Å². The van der Waals surface area contributed by atoms with Gasteiger partial charge in [0.15, 0.2) is 0 Å². The van der Waals surface area contributed by atoms with Gasteiger partial charge in [0.05, 0.1) is 4.90 Å². The van der Waals surface area contributed by atoms with Crippen LogP contribution in [0.3, 0.4) is 0 Å². The van der Waals surface area contributed by atoms with Gasteiger partial charge in [-0.3, -0.25) is 0 Å². The van der Waals surface area contributed by atoms with Gasteiger partial charge in [0.25, 0.3) is 0 Å². The van der Waals surface area contributed by atoms with Crippen LogP contribution in [0, 0.1) is 17.2 Å². The zero-order valence-electron chi connectivity index (χ0n) is 12.7. The van der Waals surface area contributed by atoms with E-state index in [0.717, 1.165) is 19.3 Å². The first-order valence-corrected chi connectivity index (χ1v) is 9.07. The number of nitrogens with one attached hydrogen (secondary N) is 1. The van der Waals surface area contributed by atoms with Crippen molar-refractivity contribution in [2.75, 3.05) is 6.54 Å². The molecule has 1 aromatic carbocycles. The first-order valence-electron chi connectivity index (χ1n) is 7.58. The van der Waals surface area contributed by atoms with Crippen LogP contribution in [-0.4, -0.2) is 15.0 Å². The van der Waals surface area contributed by atoms with E-state index in [1.165, 1.54) is 37.1 Å². The molecule has 1 saturated carbocycles. The molecular weight excluding hydrogens is 289 g/mol. The van der Waals surface area contributed by atoms with E-state index in [0.29, 0.717) is 12.5 Å². The summed E-state index contributed by atoms with van der Waals surface area (Å²) in [5.74, 6) is 0.124. The molecule has 0 amide bonds. The van der Waals surface area contributed by atoms with E-state index < -0.39 is 15.8 Å². The van der Waals surface area contributed by atoms with E-state index >= 15 is 0 Å². The van der Waals surface area contributed by atoms with E-state index in [2.05, 4.69) is 18.6 Å². The highest BCUT2D eigenvalue weighted by Crippen LogP contribution is 2.42. The van der Waals surface area contributed by atoms with E-state index in [4.69, 9.17) is 0 Å². The average molecular weight is 313 g/mol. The third kappa shape index (κ3) is 4.27. The van der Waals surface area contributed by atoms with Gasteiger partial charge in [0.1, 0.15) is 5.82 Å². The van der Waals surface area contributed by atoms with E-state index in [1.54, 1.807) is 0 Å². The summed E-state index contributed by atoms with van der Waals surface area (Å²) < 4.78 is 40.2. The Morgan fingerprint density at radius 3 is 2.29 bits per heavy atom. The molecule has 0 aliphatic heterocycles. The minimum absolute atomic E-state index is 0.0846. The standard InChI is InChI=1S/C16H24FNO2S/c1-13(2)11-16(9-3-4-10-16)12-18-21(19,20)15-7-5-14(17)6-8-15/h5-8,13,18H,3-4,9-12H2,1-2H3. The highest BCUT2D eigenvalue weighted by Gasteiger charge is 2.35. The normalized spacial score (nSPS) is 18.3. The van der Waals surface area contributed by atoms with Crippen molar-refractivity contribution in [3.63, 3.8) is 0 Å². The van der Waals surface area contributed by atoms with Gasteiger partial charge >= 0.3 is 0 Å². The minimum atomic E-state index is -3.56. The molecule has 1 aliphatic carbocycles. The van der Waals surface area contributed by atoms with E-state index in [1.807, 2.05) is 0 Å². The summed E-state index contributed by atoms with van der Waals surface area (Å²) in [4.78, 5) is 0.126. The molecule has 0 radical (unpaired) electrons. The molecule has 118 valence electrons. The fourth-order valence-electron chi connectivity index (χ4n) is 3.39. The Morgan fingerprint density at radius 2 is 1.76 bits per heavy atom. The number of rotatable bonds is 6. The number of halogens is 1. The predicted molar refractivity (Wildman–Crippen MR) is 81.9 cm³/mol. The molecule has 1 fully saturated rings. The summed E-state index contributed by atoms with van der Waals surface area (Å²) in [5, 5.41) is 0. The highest BCUT2D eigenvalue weighted by atomic mass is 32.2. The van der Waals surface area contributed by atoms with Gasteiger partial charge < -0.3 is 0 Å². The molecule has 1 aliphatic rings. The quantitative estimate of drug-likeness (QED) is 0.870. The van der Waals surface area contributed by atoms with Crippen LogP contribution in [0.25, 0.3) is 0 Å². The van der Waals surface area contributed by atoms with Crippen LogP contribution in [0.5, 0.6) is 0 Å². The van der Waals surface area contributed by atoms with Gasteiger partial charge in [-0.05, 0) is 54.9 Å². The smallest absolute Gasteiger partial charge is 0.211 e. The Labute approximate surface area is 127 Å². The largest absolute Gasteiger partial charge is 0.240 e. The summed E-state index contributed by atoms with van der Waals surface area (Å²) in [6.07, 6.45) is 5.54. The van der Waals surface area contributed by atoms with Crippen LogP contribution < -0.4 is 4.72 Å². The predicted octanol–water partition coefficient (Wildman–Crippen LogP) is 3.71. The number of sulfonamides is 1. The fourth-order valence-corrected chi connectivity index (χ4v) is 4.55. The van der Waals surface area contributed by atoms with Gasteiger partial charge in [-0.25, -0.2) is 17.5 Å². The summed E-state index contributed by atoms with van der Waals surface area (Å²) in [6, 6.07) is 4.96. The maximum absolute atomic E-state index is 12.9. The van der Waals surface area contributed by atoms with E-state index in [-0.39, 0.29) is 10.3 Å². The monoisotopic (exact) mass is 313 g/mol. The van der Waals surface area contributed by atoms with Crippen molar-refractivity contribution in [1.29, 1.82) is 0 Å². The Hall–Kier alpha value is -0.940. The Bertz CT molecular complexity index is 560. The van der Waals surface area contributed by atoms with Gasteiger partial charge in [-0.1, -0.05) is 26.7 Å². The van der Waals surface area contributed by atoms with Crippen molar-refractivity contribution < 1.29 is 12.8 Å². The first kappa shape index (κ1) is 16.4. The Balaban J connectivity index is 2.07. The third-order valence-electron chi connectivity index (χ3n) is 4.27. The molecule has 1 N–H and O–H groups in total. The first-order chi connectivity index (χ1) is 9.83. The minimum Gasteiger partial charge on any atom is -0.211 e. The number of hydrogen-bond donors (Lipinski definition) is 1. The molecule has 0 bridgehead atoms. The number of hydrogen-bond acceptors (Lipinski definition) is 2. The molecule has 3 nitrogen and oxygen atoms in total. The van der Waals surface area contributed by atoms with Crippen LogP contribution >= 0.6 is 0 Å². The average Bonchev–Trinajstić information content (AvgIpc) is 2.85. The van der Waals surface area contributed by atoms with Crippen LogP contribution in [0.4, 0.5) is 4.39 Å². The zero-order valence-corrected chi connectivity index (χ0v) is 13.5. The molecule has 0 heterocycles. The van der Waals surface area contributed by atoms with Crippen molar-refractivity contribution in [2.24, 2.45) is 11.3 Å². The van der Waals surface area contributed by atoms with Crippen molar-refractivity contribution in [3.05, 3.63) is 30.1 Å². The summed E-state index contributed by atoms with van der Waals surface area (Å²) in [5.41, 5.74) is 0.0846. The van der Waals surface area contributed by atoms with Crippen molar-refractivity contribution in [2.45, 2.75) is 50.8 Å². The molecule has 1 aromatic rings. The maximum atomic E-state index is 12.9. The lowest BCUT2D eigenvalue weighted by Crippen LogP contribution is -2.36. The van der Waals surface area contributed by atoms with Gasteiger partial charge in [0.2, 0.25) is 10.0 Å². The van der Waals surface area contributed by atoms with Crippen molar-refractivity contribution >= 4 is 10.0 Å². The summed E-state index contributed by atoms with van der Waals surface area (Å²) >= 11 is 0. The molecule has 0 unspecified atom stereocenters.